The Morgan fingerprint density at radius 3 is 3.00 bits per heavy atom. The van der Waals surface area contributed by atoms with Crippen LogP contribution in [0.4, 0.5) is 0 Å². The van der Waals surface area contributed by atoms with Gasteiger partial charge in [-0.25, -0.2) is 0 Å². The Hall–Kier alpha value is -1.03. The molecular formula is C9H14O4. The minimum Gasteiger partial charge on any atom is -0.470 e. The van der Waals surface area contributed by atoms with Crippen LogP contribution in [-0.4, -0.2) is 25.0 Å². The van der Waals surface area contributed by atoms with Gasteiger partial charge in [0.25, 0.3) is 0 Å². The highest BCUT2D eigenvalue weighted by Crippen LogP contribution is 2.21. The minimum absolute atomic E-state index is 0.116. The highest BCUT2D eigenvalue weighted by Gasteiger charge is 2.31. The summed E-state index contributed by atoms with van der Waals surface area (Å²) in [5.74, 6) is -1.17. The van der Waals surface area contributed by atoms with Crippen LogP contribution in [0.1, 0.15) is 20.3 Å². The van der Waals surface area contributed by atoms with Crippen molar-refractivity contribution in [2.45, 2.75) is 26.1 Å². The molecule has 0 aromatic rings. The highest BCUT2D eigenvalue weighted by molar-refractivity contribution is 5.70. The fraction of sp³-hybridized carbons (Fsp3) is 0.667. The van der Waals surface area contributed by atoms with E-state index in [0.29, 0.717) is 13.2 Å². The van der Waals surface area contributed by atoms with Gasteiger partial charge in [-0.15, -0.1) is 0 Å². The van der Waals surface area contributed by atoms with Crippen molar-refractivity contribution in [3.8, 4) is 0 Å². The summed E-state index contributed by atoms with van der Waals surface area (Å²) in [4.78, 5) is 11.1. The predicted molar refractivity (Wildman–Crippen MR) is 45.8 cm³/mol. The van der Waals surface area contributed by atoms with E-state index >= 15 is 0 Å². The van der Waals surface area contributed by atoms with Gasteiger partial charge in [0.15, 0.2) is 0 Å². The van der Waals surface area contributed by atoms with Crippen LogP contribution in [0.5, 0.6) is 0 Å². The molecule has 1 unspecified atom stereocenters. The van der Waals surface area contributed by atoms with Crippen molar-refractivity contribution in [1.82, 2.24) is 0 Å². The smallest absolute Gasteiger partial charge is 0.312 e. The second-order valence-electron chi connectivity index (χ2n) is 2.92. The fourth-order valence-corrected chi connectivity index (χ4v) is 1.06. The van der Waals surface area contributed by atoms with E-state index in [9.17, 15) is 4.79 Å². The lowest BCUT2D eigenvalue weighted by Crippen LogP contribution is -2.36. The van der Waals surface area contributed by atoms with E-state index in [4.69, 9.17) is 14.2 Å². The number of esters is 1. The van der Waals surface area contributed by atoms with Crippen LogP contribution < -0.4 is 0 Å². The Morgan fingerprint density at radius 2 is 2.46 bits per heavy atom. The maximum atomic E-state index is 11.1. The Kier molecular flexibility index (Phi) is 3.31. The Labute approximate surface area is 77.5 Å². The van der Waals surface area contributed by atoms with Crippen molar-refractivity contribution < 1.29 is 19.0 Å². The van der Waals surface area contributed by atoms with Crippen molar-refractivity contribution in [3.05, 3.63) is 12.3 Å². The average Bonchev–Trinajstić information content (AvgIpc) is 2.04. The van der Waals surface area contributed by atoms with Crippen molar-refractivity contribution in [2.75, 3.05) is 13.2 Å². The van der Waals surface area contributed by atoms with Crippen LogP contribution in [0.2, 0.25) is 0 Å². The van der Waals surface area contributed by atoms with E-state index < -0.39 is 5.79 Å². The third-order valence-corrected chi connectivity index (χ3v) is 1.67. The molecule has 0 bridgehead atoms. The molecule has 4 heteroatoms. The zero-order valence-electron chi connectivity index (χ0n) is 7.91. The van der Waals surface area contributed by atoms with Crippen LogP contribution >= 0.6 is 0 Å². The summed E-state index contributed by atoms with van der Waals surface area (Å²) in [5.41, 5.74) is 0. The number of hydrogen-bond acceptors (Lipinski definition) is 4. The molecule has 1 aliphatic rings. The molecule has 13 heavy (non-hydrogen) atoms. The topological polar surface area (TPSA) is 44.8 Å². The van der Waals surface area contributed by atoms with E-state index in [1.54, 1.807) is 26.2 Å². The zero-order valence-corrected chi connectivity index (χ0v) is 7.91. The first-order valence-corrected chi connectivity index (χ1v) is 4.29. The second kappa shape index (κ2) is 4.28. The number of ether oxygens (including phenoxy) is 3. The van der Waals surface area contributed by atoms with Gasteiger partial charge in [0.05, 0.1) is 19.5 Å². The zero-order chi connectivity index (χ0) is 9.73. The number of rotatable bonds is 3. The third-order valence-electron chi connectivity index (χ3n) is 1.67. The highest BCUT2D eigenvalue weighted by atomic mass is 16.7. The molecular weight excluding hydrogens is 172 g/mol. The Morgan fingerprint density at radius 1 is 1.69 bits per heavy atom. The standard InChI is InChI=1S/C9H14O4/c1-3-11-8(10)7-9(2)12-5-4-6-13-9/h4-5H,3,6-7H2,1-2H3. The van der Waals surface area contributed by atoms with Gasteiger partial charge < -0.3 is 14.2 Å². The van der Waals surface area contributed by atoms with E-state index in [2.05, 4.69) is 0 Å². The molecule has 0 saturated carbocycles. The van der Waals surface area contributed by atoms with Crippen molar-refractivity contribution in [2.24, 2.45) is 0 Å². The summed E-state index contributed by atoms with van der Waals surface area (Å²) >= 11 is 0. The summed E-state index contributed by atoms with van der Waals surface area (Å²) in [6.45, 7) is 4.33. The first kappa shape index (κ1) is 10.1. The summed E-state index contributed by atoms with van der Waals surface area (Å²) in [5, 5.41) is 0. The van der Waals surface area contributed by atoms with E-state index in [1.165, 1.54) is 0 Å². The molecule has 4 nitrogen and oxygen atoms in total. The van der Waals surface area contributed by atoms with Gasteiger partial charge in [-0.3, -0.25) is 4.79 Å². The number of carbonyl (C=O) groups excluding carboxylic acids is 1. The van der Waals surface area contributed by atoms with Crippen LogP contribution in [0, 0.1) is 0 Å². The first-order valence-electron chi connectivity index (χ1n) is 4.29. The van der Waals surface area contributed by atoms with Gasteiger partial charge in [0, 0.05) is 6.92 Å². The average molecular weight is 186 g/mol. The Bertz CT molecular complexity index is 212. The van der Waals surface area contributed by atoms with E-state index in [0.717, 1.165) is 0 Å². The molecule has 0 N–H and O–H groups in total. The maximum absolute atomic E-state index is 11.1. The maximum Gasteiger partial charge on any atom is 0.312 e. The molecule has 1 heterocycles. The summed E-state index contributed by atoms with van der Waals surface area (Å²) < 4.78 is 15.2. The quantitative estimate of drug-likeness (QED) is 0.621. The molecule has 1 aliphatic heterocycles. The molecule has 1 atom stereocenters. The van der Waals surface area contributed by atoms with Gasteiger partial charge in [0.2, 0.25) is 5.79 Å². The molecule has 0 spiro atoms. The van der Waals surface area contributed by atoms with Crippen molar-refractivity contribution >= 4 is 5.97 Å². The molecule has 0 aliphatic carbocycles. The van der Waals surface area contributed by atoms with E-state index in [-0.39, 0.29) is 12.4 Å². The monoisotopic (exact) mass is 186 g/mol. The predicted octanol–water partition coefficient (Wildman–Crippen LogP) is 1.22. The molecule has 0 aromatic heterocycles. The minimum atomic E-state index is -0.860. The Balaban J connectivity index is 2.41. The van der Waals surface area contributed by atoms with Crippen molar-refractivity contribution in [1.29, 1.82) is 0 Å². The first-order chi connectivity index (χ1) is 6.16. The molecule has 0 radical (unpaired) electrons. The molecule has 0 saturated heterocycles. The van der Waals surface area contributed by atoms with E-state index in [1.807, 2.05) is 0 Å². The lowest BCUT2D eigenvalue weighted by Gasteiger charge is -2.30. The van der Waals surface area contributed by atoms with Gasteiger partial charge in [0.1, 0.15) is 6.42 Å². The molecule has 0 amide bonds. The fourth-order valence-electron chi connectivity index (χ4n) is 1.06. The van der Waals surface area contributed by atoms with Crippen LogP contribution in [0.25, 0.3) is 0 Å². The molecule has 74 valence electrons. The largest absolute Gasteiger partial charge is 0.470 e. The van der Waals surface area contributed by atoms with Crippen LogP contribution in [0.3, 0.4) is 0 Å². The summed E-state index contributed by atoms with van der Waals surface area (Å²) in [6, 6.07) is 0. The van der Waals surface area contributed by atoms with Crippen LogP contribution in [-0.2, 0) is 19.0 Å². The lowest BCUT2D eigenvalue weighted by molar-refractivity contribution is -0.210. The lowest BCUT2D eigenvalue weighted by atomic mass is 10.2. The van der Waals surface area contributed by atoms with Gasteiger partial charge >= 0.3 is 5.97 Å². The number of carbonyl (C=O) groups is 1. The SMILES string of the molecule is CCOC(=O)CC1(C)OC=CCO1. The van der Waals surface area contributed by atoms with Gasteiger partial charge in [-0.2, -0.15) is 0 Å². The molecule has 0 fully saturated rings. The third kappa shape index (κ3) is 3.06. The number of hydrogen-bond donors (Lipinski definition) is 0. The molecule has 0 aromatic carbocycles. The summed E-state index contributed by atoms with van der Waals surface area (Å²) in [6.07, 6.45) is 3.40. The summed E-state index contributed by atoms with van der Waals surface area (Å²) in [7, 11) is 0. The van der Waals surface area contributed by atoms with Crippen LogP contribution in [0.15, 0.2) is 12.3 Å². The second-order valence-corrected chi connectivity index (χ2v) is 2.92. The van der Waals surface area contributed by atoms with Gasteiger partial charge in [-0.05, 0) is 13.0 Å². The van der Waals surface area contributed by atoms with Crippen molar-refractivity contribution in [3.63, 3.8) is 0 Å². The van der Waals surface area contributed by atoms with Gasteiger partial charge in [-0.1, -0.05) is 0 Å². The molecule has 1 rings (SSSR count). The normalized spacial score (nSPS) is 26.6.